The molecule has 4 aromatic heterocycles. The molecule has 11 nitrogen and oxygen atoms in total. The van der Waals surface area contributed by atoms with Gasteiger partial charge in [0.1, 0.15) is 22.4 Å². The number of hydrogen-bond donors (Lipinski definition) is 4. The van der Waals surface area contributed by atoms with E-state index in [-0.39, 0.29) is 18.0 Å². The first-order valence-electron chi connectivity index (χ1n) is 13.6. The van der Waals surface area contributed by atoms with Crippen molar-refractivity contribution < 1.29 is 17.6 Å². The molecule has 224 valence electrons. The van der Waals surface area contributed by atoms with Crippen molar-refractivity contribution in [3.63, 3.8) is 0 Å². The summed E-state index contributed by atoms with van der Waals surface area (Å²) >= 11 is 0. The molecule has 2 aromatic carbocycles. The van der Waals surface area contributed by atoms with E-state index in [0.717, 1.165) is 34.3 Å². The molecule has 0 aliphatic rings. The van der Waals surface area contributed by atoms with Gasteiger partial charge in [0, 0.05) is 28.9 Å². The van der Waals surface area contributed by atoms with Gasteiger partial charge in [0.05, 0.1) is 35.3 Å². The number of likely N-dealkylation sites (N-methyl/N-ethyl adjacent to an activating group) is 1. The molecular formula is C31H29FN8O3S. The number of fused-ring (bicyclic) bond motifs is 2. The van der Waals surface area contributed by atoms with Crippen LogP contribution in [-0.2, 0) is 14.6 Å². The van der Waals surface area contributed by atoms with Crippen LogP contribution >= 0.6 is 0 Å². The molecule has 0 saturated heterocycles. The van der Waals surface area contributed by atoms with Crippen molar-refractivity contribution in [3.05, 3.63) is 84.4 Å². The van der Waals surface area contributed by atoms with Crippen molar-refractivity contribution in [2.45, 2.75) is 5.37 Å². The SMILES string of the molecule is CN(C)CC(=O)Nc1cncc(-c2ccc3[nH]nc(-c4cc5c(-c6cc(F)cc(C(N)S(C)(=O)=O)c6)cccc5[nH]4)c3n2)c1. The number of aromatic nitrogens is 5. The Kier molecular flexibility index (Phi) is 7.45. The highest BCUT2D eigenvalue weighted by atomic mass is 32.2. The molecule has 44 heavy (non-hydrogen) atoms. The van der Waals surface area contributed by atoms with E-state index in [9.17, 15) is 17.6 Å². The molecule has 1 unspecified atom stereocenters. The fraction of sp³-hybridized carbons (Fsp3) is 0.161. The molecule has 0 aliphatic carbocycles. The lowest BCUT2D eigenvalue weighted by Gasteiger charge is -2.12. The Labute approximate surface area is 252 Å². The first-order valence-corrected chi connectivity index (χ1v) is 15.5. The minimum absolute atomic E-state index is 0.152. The highest BCUT2D eigenvalue weighted by Gasteiger charge is 2.21. The normalized spacial score (nSPS) is 12.7. The van der Waals surface area contributed by atoms with Crippen molar-refractivity contribution >= 4 is 43.4 Å². The van der Waals surface area contributed by atoms with Crippen LogP contribution in [0.25, 0.3) is 55.7 Å². The topological polar surface area (TPSA) is 163 Å². The van der Waals surface area contributed by atoms with Crippen molar-refractivity contribution in [3.8, 4) is 33.8 Å². The standard InChI is InChI=1S/C31H29FN8O3S/c1-40(2)16-28(41)35-21-12-19(14-34-15-21)24-7-8-26-29(37-24)30(39-38-26)27-13-23-22(5-4-6-25(23)36-27)17-9-18(11-20(32)10-17)31(33)44(3,42)43/h4-15,31,36H,16,33H2,1-3H3,(H,35,41)(H,38,39). The Morgan fingerprint density at radius 2 is 1.86 bits per heavy atom. The summed E-state index contributed by atoms with van der Waals surface area (Å²) in [5, 5.41) is 9.83. The van der Waals surface area contributed by atoms with Crippen LogP contribution in [0.5, 0.6) is 0 Å². The molecule has 4 heterocycles. The van der Waals surface area contributed by atoms with Crippen LogP contribution in [0.2, 0.25) is 0 Å². The van der Waals surface area contributed by atoms with Gasteiger partial charge >= 0.3 is 0 Å². The number of aromatic amines is 2. The number of carbonyl (C=O) groups is 1. The number of pyridine rings is 2. The van der Waals surface area contributed by atoms with E-state index in [2.05, 4.69) is 25.5 Å². The Hall–Kier alpha value is -4.98. The van der Waals surface area contributed by atoms with Crippen molar-refractivity contribution in [1.82, 2.24) is 30.0 Å². The maximum Gasteiger partial charge on any atom is 0.238 e. The maximum atomic E-state index is 14.7. The summed E-state index contributed by atoms with van der Waals surface area (Å²) in [7, 11) is 0.00262. The molecule has 5 N–H and O–H groups in total. The summed E-state index contributed by atoms with van der Waals surface area (Å²) in [6.07, 6.45) is 4.28. The predicted molar refractivity (Wildman–Crippen MR) is 169 cm³/mol. The number of anilines is 1. The summed E-state index contributed by atoms with van der Waals surface area (Å²) in [5.41, 5.74) is 12.5. The molecule has 0 radical (unpaired) electrons. The molecule has 6 rings (SSSR count). The third-order valence-electron chi connectivity index (χ3n) is 7.13. The van der Waals surface area contributed by atoms with E-state index >= 15 is 0 Å². The molecular weight excluding hydrogens is 583 g/mol. The molecule has 0 aliphatic heterocycles. The zero-order valence-electron chi connectivity index (χ0n) is 24.1. The number of nitrogens with zero attached hydrogens (tertiary/aromatic N) is 4. The number of H-pyrrole nitrogens is 2. The van der Waals surface area contributed by atoms with Crippen LogP contribution in [0.15, 0.2) is 73.1 Å². The Morgan fingerprint density at radius 1 is 1.05 bits per heavy atom. The first-order chi connectivity index (χ1) is 21.0. The number of benzene rings is 2. The lowest BCUT2D eigenvalue weighted by molar-refractivity contribution is -0.116. The van der Waals surface area contributed by atoms with Gasteiger partial charge in [0.15, 0.2) is 9.84 Å². The number of rotatable bonds is 8. The molecule has 1 atom stereocenters. The molecule has 1 amide bonds. The minimum Gasteiger partial charge on any atom is -0.353 e. The lowest BCUT2D eigenvalue weighted by atomic mass is 9.99. The minimum atomic E-state index is -3.63. The second-order valence-electron chi connectivity index (χ2n) is 10.9. The Bertz CT molecular complexity index is 2160. The van der Waals surface area contributed by atoms with E-state index in [4.69, 9.17) is 10.7 Å². The van der Waals surface area contributed by atoms with Gasteiger partial charge in [0.25, 0.3) is 0 Å². The third kappa shape index (κ3) is 5.80. The third-order valence-corrected chi connectivity index (χ3v) is 8.32. The fourth-order valence-corrected chi connectivity index (χ4v) is 5.73. The van der Waals surface area contributed by atoms with Crippen LogP contribution in [0.1, 0.15) is 10.9 Å². The van der Waals surface area contributed by atoms with Gasteiger partial charge in [-0.15, -0.1) is 0 Å². The summed E-state index contributed by atoms with van der Waals surface area (Å²) in [5.74, 6) is -0.740. The highest BCUT2D eigenvalue weighted by Crippen LogP contribution is 2.35. The number of halogens is 1. The van der Waals surface area contributed by atoms with E-state index < -0.39 is 21.0 Å². The number of hydrogen-bond acceptors (Lipinski definition) is 8. The highest BCUT2D eigenvalue weighted by molar-refractivity contribution is 7.90. The van der Waals surface area contributed by atoms with Gasteiger partial charge in [-0.2, -0.15) is 5.10 Å². The lowest BCUT2D eigenvalue weighted by Crippen LogP contribution is -2.27. The second-order valence-corrected chi connectivity index (χ2v) is 13.1. The Balaban J connectivity index is 1.39. The number of nitrogens with two attached hydrogens (primary N) is 1. The molecule has 6 aromatic rings. The molecule has 0 fully saturated rings. The van der Waals surface area contributed by atoms with Gasteiger partial charge in [-0.3, -0.25) is 14.9 Å². The van der Waals surface area contributed by atoms with Gasteiger partial charge in [0.2, 0.25) is 5.91 Å². The number of nitrogens with one attached hydrogen (secondary N) is 3. The van der Waals surface area contributed by atoms with Crippen molar-refractivity contribution in [2.24, 2.45) is 5.73 Å². The monoisotopic (exact) mass is 612 g/mol. The molecule has 0 bridgehead atoms. The smallest absolute Gasteiger partial charge is 0.238 e. The summed E-state index contributed by atoms with van der Waals surface area (Å²) in [6.45, 7) is 0.244. The number of sulfone groups is 1. The van der Waals surface area contributed by atoms with E-state index in [0.29, 0.717) is 39.4 Å². The maximum absolute atomic E-state index is 14.7. The average Bonchev–Trinajstić information content (AvgIpc) is 3.59. The number of amides is 1. The van der Waals surface area contributed by atoms with Crippen molar-refractivity contribution in [2.75, 3.05) is 32.2 Å². The first kappa shape index (κ1) is 29.1. The van der Waals surface area contributed by atoms with Gasteiger partial charge in [-0.05, 0) is 79.3 Å². The van der Waals surface area contributed by atoms with Crippen LogP contribution in [0, 0.1) is 5.82 Å². The zero-order chi connectivity index (χ0) is 31.2. The molecule has 13 heteroatoms. The molecule has 0 spiro atoms. The Morgan fingerprint density at radius 3 is 2.64 bits per heavy atom. The number of carbonyl (C=O) groups excluding carboxylic acids is 1. The van der Waals surface area contributed by atoms with E-state index in [1.165, 1.54) is 6.07 Å². The van der Waals surface area contributed by atoms with E-state index in [1.807, 2.05) is 56.6 Å². The summed E-state index contributed by atoms with van der Waals surface area (Å²) in [6, 6.07) is 17.1. The van der Waals surface area contributed by atoms with Gasteiger partial charge in [-0.25, -0.2) is 17.8 Å². The summed E-state index contributed by atoms with van der Waals surface area (Å²) in [4.78, 5) is 26.6. The van der Waals surface area contributed by atoms with Crippen LogP contribution in [0.3, 0.4) is 0 Å². The zero-order valence-corrected chi connectivity index (χ0v) is 24.9. The molecule has 0 saturated carbocycles. The van der Waals surface area contributed by atoms with Crippen LogP contribution in [-0.4, -0.2) is 71.3 Å². The van der Waals surface area contributed by atoms with Crippen LogP contribution < -0.4 is 11.1 Å². The van der Waals surface area contributed by atoms with E-state index in [1.54, 1.807) is 23.4 Å². The fourth-order valence-electron chi connectivity index (χ4n) is 5.10. The average molecular weight is 613 g/mol. The van der Waals surface area contributed by atoms with Crippen LogP contribution in [0.4, 0.5) is 10.1 Å². The quantitative estimate of drug-likeness (QED) is 0.196. The van der Waals surface area contributed by atoms with Crippen molar-refractivity contribution in [1.29, 1.82) is 0 Å². The van der Waals surface area contributed by atoms with Gasteiger partial charge in [-0.1, -0.05) is 12.1 Å². The second kappa shape index (κ2) is 11.3. The van der Waals surface area contributed by atoms with Gasteiger partial charge < -0.3 is 20.9 Å². The largest absolute Gasteiger partial charge is 0.353 e. The summed E-state index contributed by atoms with van der Waals surface area (Å²) < 4.78 is 38.8. The predicted octanol–water partition coefficient (Wildman–Crippen LogP) is 4.48.